The van der Waals surface area contributed by atoms with Crippen molar-refractivity contribution in [2.24, 2.45) is 23.7 Å². The number of ether oxygens (including phenoxy) is 16. The van der Waals surface area contributed by atoms with Gasteiger partial charge in [0.25, 0.3) is 0 Å². The summed E-state index contributed by atoms with van der Waals surface area (Å²) in [6, 6.07) is 41.6. The van der Waals surface area contributed by atoms with Crippen molar-refractivity contribution in [3.05, 3.63) is 169 Å². The van der Waals surface area contributed by atoms with Crippen LogP contribution in [0.15, 0.2) is 146 Å². The topological polar surface area (TPSA) is 540 Å². The minimum atomic E-state index is -3.85. The molecule has 12 heterocycles. The molecule has 4 aliphatic heterocycles. The molecule has 4 N–H and O–H groups in total. The van der Waals surface area contributed by atoms with Crippen LogP contribution >= 0.6 is 0 Å². The summed E-state index contributed by atoms with van der Waals surface area (Å²) in [6.45, 7) is 10.2. The van der Waals surface area contributed by atoms with Gasteiger partial charge in [-0.1, -0.05) is 48.5 Å². The summed E-state index contributed by atoms with van der Waals surface area (Å²) in [4.78, 5) is 17.9. The predicted molar refractivity (Wildman–Crippen MR) is 544 cm³/mol. The zero-order valence-corrected chi connectivity index (χ0v) is 88.6. The number of sulfone groups is 4. The number of aliphatic hydroxyl groups excluding tert-OH is 4. The number of benzene rings is 4. The van der Waals surface area contributed by atoms with Gasteiger partial charge in [-0.2, -0.15) is 0 Å². The van der Waals surface area contributed by atoms with E-state index in [-0.39, 0.29) is 70.3 Å². The second kappa shape index (κ2) is 51.4. The maximum atomic E-state index is 13.6. The van der Waals surface area contributed by atoms with Gasteiger partial charge in [0.2, 0.25) is 23.5 Å². The van der Waals surface area contributed by atoms with Crippen molar-refractivity contribution in [3.63, 3.8) is 0 Å². The molecule has 0 radical (unpaired) electrons. The Kier molecular flexibility index (Phi) is 39.0. The second-order valence-corrected chi connectivity index (χ2v) is 44.6. The van der Waals surface area contributed by atoms with Crippen LogP contribution in [0.2, 0.25) is 0 Å². The summed E-state index contributed by atoms with van der Waals surface area (Å²) in [6.07, 6.45) is 0.809. The zero-order chi connectivity index (χ0) is 106. The first-order valence-corrected chi connectivity index (χ1v) is 54.7. The maximum Gasteiger partial charge on any atom is 0.213 e. The number of hydrogen-bond acceptors (Lipinski definition) is 40. The number of rotatable bonds is 40. The fourth-order valence-electron chi connectivity index (χ4n) is 17.9. The zero-order valence-electron chi connectivity index (χ0n) is 85.3. The van der Waals surface area contributed by atoms with Crippen molar-refractivity contribution in [1.82, 2.24) is 79.0 Å². The van der Waals surface area contributed by atoms with Crippen molar-refractivity contribution >= 4 is 39.3 Å². The Labute approximate surface area is 859 Å². The van der Waals surface area contributed by atoms with Gasteiger partial charge in [-0.25, -0.2) is 53.6 Å². The van der Waals surface area contributed by atoms with E-state index in [4.69, 9.17) is 75.8 Å². The van der Waals surface area contributed by atoms with E-state index in [1.165, 1.54) is 113 Å². The largest absolute Gasteiger partial charge is 0.494 e. The molecule has 48 heteroatoms. The number of nitrogens with zero attached hydrogens (tertiary/aromatic N) is 16. The average Bonchev–Trinajstić information content (AvgIpc) is 1.60. The molecule has 12 aromatic rings. The van der Waals surface area contributed by atoms with Crippen molar-refractivity contribution in [3.8, 4) is 138 Å². The van der Waals surface area contributed by atoms with Crippen LogP contribution in [-0.4, -0.2) is 317 Å². The molecule has 44 nitrogen and oxygen atoms in total. The Morgan fingerprint density at radius 1 is 0.257 bits per heavy atom. The lowest BCUT2D eigenvalue weighted by molar-refractivity contribution is 0.00812. The average molecular weight is 2130 g/mol. The standard InChI is InChI=1S/4C25H32N4O7S/c4*1-16(24(30)17-11-13-36-14-12-17)37(31,32)15-21-27-28-25(18-7-5-10-22(26-18)35-4)29(21)23-19(33-2)8-6-9-20(23)34-3/h4*5-10,16-17,24,30H,11-15H2,1-4H3/t2*16-,24+;2*16-,24-/m1010/s1. The van der Waals surface area contributed by atoms with E-state index in [2.05, 4.69) is 60.7 Å². The normalized spacial score (nSPS) is 16.2. The highest BCUT2D eigenvalue weighted by Gasteiger charge is 2.43. The van der Waals surface area contributed by atoms with E-state index in [9.17, 15) is 54.1 Å². The van der Waals surface area contributed by atoms with Crippen LogP contribution in [0.5, 0.6) is 69.5 Å². The molecule has 16 rings (SSSR count). The fraction of sp³-hybridized carbons (Fsp3) is 0.480. The maximum absolute atomic E-state index is 13.6. The first-order valence-electron chi connectivity index (χ1n) is 47.8. The molecular formula is C100H128N16O28S4. The van der Waals surface area contributed by atoms with Crippen molar-refractivity contribution < 1.29 is 130 Å². The summed E-state index contributed by atoms with van der Waals surface area (Å²) in [5.74, 6) is 4.07. The Morgan fingerprint density at radius 3 is 0.574 bits per heavy atom. The molecule has 148 heavy (non-hydrogen) atoms. The van der Waals surface area contributed by atoms with Gasteiger partial charge >= 0.3 is 0 Å². The van der Waals surface area contributed by atoms with Gasteiger partial charge in [0.1, 0.15) is 115 Å². The monoisotopic (exact) mass is 2130 g/mol. The summed E-state index contributed by atoms with van der Waals surface area (Å²) < 4.78 is 202. The molecule has 0 spiro atoms. The molecule has 800 valence electrons. The minimum absolute atomic E-state index is 0.133. The molecule has 4 saturated heterocycles. The lowest BCUT2D eigenvalue weighted by Crippen LogP contribution is -2.40. The van der Waals surface area contributed by atoms with Crippen LogP contribution in [0, 0.1) is 23.7 Å². The smallest absolute Gasteiger partial charge is 0.213 e. The summed E-state index contributed by atoms with van der Waals surface area (Å²) in [7, 11) is 2.67. The van der Waals surface area contributed by atoms with Gasteiger partial charge in [0.05, 0.1) is 131 Å². The summed E-state index contributed by atoms with van der Waals surface area (Å²) >= 11 is 0. The number of aromatic nitrogens is 16. The molecule has 0 aliphatic carbocycles. The Hall–Kier alpha value is -12.9. The second-order valence-electron chi connectivity index (χ2n) is 35.2. The van der Waals surface area contributed by atoms with Gasteiger partial charge in [-0.15, -0.1) is 40.8 Å². The molecule has 0 amide bonds. The van der Waals surface area contributed by atoms with Crippen LogP contribution in [-0.2, 0) is 81.3 Å². The lowest BCUT2D eigenvalue weighted by atomic mass is 9.92. The molecule has 0 saturated carbocycles. The van der Waals surface area contributed by atoms with E-state index >= 15 is 0 Å². The van der Waals surface area contributed by atoms with Crippen LogP contribution in [0.1, 0.15) is 102 Å². The summed E-state index contributed by atoms with van der Waals surface area (Å²) in [5, 5.41) is 73.8. The van der Waals surface area contributed by atoms with Gasteiger partial charge < -0.3 is 96.2 Å². The number of hydrogen-bond donors (Lipinski definition) is 4. The van der Waals surface area contributed by atoms with E-state index in [1.54, 1.807) is 164 Å². The highest BCUT2D eigenvalue weighted by atomic mass is 32.2. The van der Waals surface area contributed by atoms with Crippen molar-refractivity contribution in [2.45, 2.75) is 147 Å². The fourth-order valence-corrected chi connectivity index (χ4v) is 23.7. The number of methoxy groups -OCH3 is 12. The van der Waals surface area contributed by atoms with Gasteiger partial charge in [-0.05, 0) is 176 Å². The van der Waals surface area contributed by atoms with Gasteiger partial charge in [0, 0.05) is 77.1 Å². The van der Waals surface area contributed by atoms with Crippen molar-refractivity contribution in [2.75, 3.05) is 138 Å². The van der Waals surface area contributed by atoms with Crippen LogP contribution < -0.4 is 56.8 Å². The number of para-hydroxylation sites is 4. The van der Waals surface area contributed by atoms with Crippen LogP contribution in [0.4, 0.5) is 0 Å². The lowest BCUT2D eigenvalue weighted by Gasteiger charge is -2.30. The van der Waals surface area contributed by atoms with Gasteiger partial charge in [-0.3, -0.25) is 18.3 Å². The minimum Gasteiger partial charge on any atom is -0.494 e. The Balaban J connectivity index is 0.000000165. The third-order valence-electron chi connectivity index (χ3n) is 26.6. The molecule has 0 unspecified atom stereocenters. The molecule has 4 fully saturated rings. The third kappa shape index (κ3) is 26.0. The van der Waals surface area contributed by atoms with Crippen LogP contribution in [0.3, 0.4) is 0 Å². The SMILES string of the molecule is COc1cccc(-c2nnc(CS(=O)(=O)[C@@H](C)[C@@H](O)C3CCOCC3)n2-c2c(OC)cccc2OC)n1.COc1cccc(-c2nnc(CS(=O)(=O)[C@@H](C)[C@H](O)C3CCOCC3)n2-c2c(OC)cccc2OC)n1.COc1cccc(-c2nnc(CS(=O)(=O)[C@H](C)[C@@H](O)C3CCOCC3)n2-c2c(OC)cccc2OC)n1.COc1cccc(-c2nnc(CS(=O)(=O)[C@H](C)[C@H](O)C3CCOCC3)n2-c2c(OC)cccc2OC)n1. The highest BCUT2D eigenvalue weighted by molar-refractivity contribution is 7.92. The van der Waals surface area contributed by atoms with E-state index < -0.39 is 108 Å². The van der Waals surface area contributed by atoms with Gasteiger partial charge in [0.15, 0.2) is 85.9 Å². The molecule has 4 aromatic carbocycles. The molecular weight excluding hydrogens is 2000 g/mol. The molecule has 8 atom stereocenters. The van der Waals surface area contributed by atoms with E-state index in [0.717, 1.165) is 0 Å². The molecule has 4 aliphatic rings. The molecule has 0 bridgehead atoms. The first-order chi connectivity index (χ1) is 71.2. The number of pyridine rings is 4. The molecule has 8 aromatic heterocycles. The van der Waals surface area contributed by atoms with Crippen LogP contribution in [0.25, 0.3) is 68.8 Å². The Morgan fingerprint density at radius 2 is 0.419 bits per heavy atom. The quantitative estimate of drug-likeness (QED) is 0.0277. The highest BCUT2D eigenvalue weighted by Crippen LogP contribution is 2.44. The first kappa shape index (κ1) is 112. The van der Waals surface area contributed by atoms with E-state index in [0.29, 0.717) is 219 Å². The predicted octanol–water partition coefficient (Wildman–Crippen LogP) is 9.78. The number of aliphatic hydroxyl groups is 4. The van der Waals surface area contributed by atoms with Crippen molar-refractivity contribution in [1.29, 1.82) is 0 Å². The Bertz CT molecular complexity index is 6010. The third-order valence-corrected chi connectivity index (χ3v) is 34.9. The summed E-state index contributed by atoms with van der Waals surface area (Å²) in [5.41, 5.74) is 3.38. The van der Waals surface area contributed by atoms with E-state index in [1.807, 2.05) is 0 Å².